The van der Waals surface area contributed by atoms with E-state index in [0.717, 1.165) is 83.3 Å². The van der Waals surface area contributed by atoms with Crippen LogP contribution < -0.4 is 45.3 Å². The van der Waals surface area contributed by atoms with Gasteiger partial charge in [0.1, 0.15) is 48.7 Å². The third-order valence-electron chi connectivity index (χ3n) is 12.7. The molecule has 0 aromatic heterocycles. The van der Waals surface area contributed by atoms with Gasteiger partial charge in [0.15, 0.2) is 12.6 Å². The minimum absolute atomic E-state index is 0. The summed E-state index contributed by atoms with van der Waals surface area (Å²) in [5.41, 5.74) is 0.825. The number of carbonyl (C=O) groups excluding carboxylic acids is 2. The van der Waals surface area contributed by atoms with E-state index in [1.165, 1.54) is 37.8 Å². The van der Waals surface area contributed by atoms with E-state index in [1.54, 1.807) is 38.6 Å². The van der Waals surface area contributed by atoms with Crippen LogP contribution in [0.5, 0.6) is 0 Å². The number of hydrogen-bond donors (Lipinski definition) is 4. The van der Waals surface area contributed by atoms with E-state index < -0.39 is 102 Å². The van der Waals surface area contributed by atoms with Crippen molar-refractivity contribution in [3.05, 3.63) is 55.1 Å². The number of halogens is 6. The van der Waals surface area contributed by atoms with E-state index in [9.17, 15) is 54.6 Å². The second-order valence-electron chi connectivity index (χ2n) is 18.7. The molecule has 3 rings (SSSR count). The number of hydrogen-bond acceptors (Lipinski definition) is 17. The summed E-state index contributed by atoms with van der Waals surface area (Å²) < 4.78 is 159. The minimum atomic E-state index is -5.24. The van der Waals surface area contributed by atoms with Crippen LogP contribution in [-0.2, 0) is 66.5 Å². The number of carbonyl (C=O) groups is 2. The molecule has 0 unspecified atom stereocenters. The number of aliphatic hydroxyl groups is 2. The monoisotopic (exact) mass is 1190 g/mol. The molecule has 2 amide bonds. The molecule has 1 aromatic carbocycles. The van der Waals surface area contributed by atoms with Crippen LogP contribution in [0.4, 0.5) is 26.3 Å². The Kier molecular flexibility index (Phi) is 41.2. The average Bonchev–Trinajstić information content (AvgIpc) is 3.41. The molecule has 2 heterocycles. The van der Waals surface area contributed by atoms with Crippen LogP contribution in [0.3, 0.4) is 0 Å². The molecule has 19 nitrogen and oxygen atoms in total. The molecular weight excluding hydrogens is 1110 g/mol. The number of aliphatic hydroxyl groups excluding tert-OH is 2. The fourth-order valence-corrected chi connectivity index (χ4v) is 9.29. The molecule has 2 aliphatic rings. The van der Waals surface area contributed by atoms with Crippen molar-refractivity contribution < 1.29 is 136 Å². The van der Waals surface area contributed by atoms with Gasteiger partial charge in [-0.05, 0) is 44.7 Å². The van der Waals surface area contributed by atoms with Gasteiger partial charge in [-0.3, -0.25) is 13.8 Å². The number of benzene rings is 1. The number of methoxy groups -OCH3 is 3. The van der Waals surface area contributed by atoms with Gasteiger partial charge in [0.25, 0.3) is 10.1 Å². The van der Waals surface area contributed by atoms with Crippen molar-refractivity contribution in [1.82, 2.24) is 10.6 Å². The van der Waals surface area contributed by atoms with Gasteiger partial charge in [-0.2, -0.15) is 41.9 Å². The fraction of sp³-hybridized carbons (Fsp3) is 0.774. The summed E-state index contributed by atoms with van der Waals surface area (Å²) in [4.78, 5) is 23.5. The summed E-state index contributed by atoms with van der Waals surface area (Å²) in [6.45, 7) is 12.1. The van der Waals surface area contributed by atoms with Gasteiger partial charge in [-0.15, -0.1) is 13.2 Å². The first-order valence-corrected chi connectivity index (χ1v) is 28.0. The normalized spacial score (nSPS) is 23.9. The Hall–Kier alpha value is -2.35. The van der Waals surface area contributed by atoms with E-state index in [-0.39, 0.29) is 79.7 Å². The van der Waals surface area contributed by atoms with Crippen LogP contribution in [0.2, 0.25) is 0 Å². The maximum atomic E-state index is 13.2. The second-order valence-corrected chi connectivity index (χ2v) is 20.3. The maximum Gasteiger partial charge on any atom is 1.00 e. The first-order chi connectivity index (χ1) is 37.5. The zero-order chi connectivity index (χ0) is 59.6. The maximum absolute atomic E-state index is 13.2. The Bertz CT molecular complexity index is 1930. The molecule has 0 radical (unpaired) electrons. The second kappa shape index (κ2) is 42.5. The van der Waals surface area contributed by atoms with Crippen LogP contribution >= 0.6 is 0 Å². The summed E-state index contributed by atoms with van der Waals surface area (Å²) in [6.07, 6.45) is -5.63. The summed E-state index contributed by atoms with van der Waals surface area (Å²) in [7, 11) is 1.02. The van der Waals surface area contributed by atoms with Gasteiger partial charge in [0, 0.05) is 34.5 Å². The zero-order valence-corrected chi connectivity index (χ0v) is 50.5. The Morgan fingerprint density at radius 2 is 1.05 bits per heavy atom. The zero-order valence-electron chi connectivity index (χ0n) is 47.6. The summed E-state index contributed by atoms with van der Waals surface area (Å²) in [5.74, 6) is -4.46. The molecule has 2 saturated heterocycles. The van der Waals surface area contributed by atoms with Crippen molar-refractivity contribution in [3.8, 4) is 0 Å². The van der Waals surface area contributed by atoms with Crippen LogP contribution in [0, 0.1) is 6.92 Å². The SMILES string of the molecule is C=CCO[C@H]1O[C@H](COC)[C@@H](O)[C@H](OCC[C@@H](CCCCCCC)OC)[C@H]1NC(=O)C(F)(F)F.C=CCO[C@H]1O[C@H](COS(=O)(=O)c2ccc(C)cc2)[C@@H](O)[C@H](OCC[C@@H](CCCCCCC)OC)[C@H]1NC(=O)C(F)(F)F.C[O-].[Na+]. The van der Waals surface area contributed by atoms with Crippen molar-refractivity contribution in [1.29, 1.82) is 0 Å². The molecular formula is C53H87F6N2NaO17S. The summed E-state index contributed by atoms with van der Waals surface area (Å²) in [6, 6.07) is 2.85. The largest absolute Gasteiger partial charge is 1.00 e. The van der Waals surface area contributed by atoms with Gasteiger partial charge >= 0.3 is 53.7 Å². The molecule has 4 N–H and O–H groups in total. The Morgan fingerprint density at radius 3 is 1.40 bits per heavy atom. The van der Waals surface area contributed by atoms with Gasteiger partial charge in [-0.25, -0.2) is 0 Å². The number of unbranched alkanes of at least 4 members (excludes halogenated alkanes) is 8. The molecule has 12 atom stereocenters. The topological polar surface area (TPSA) is 248 Å². The van der Waals surface area contributed by atoms with E-state index >= 15 is 0 Å². The minimum Gasteiger partial charge on any atom is -0.857 e. The summed E-state index contributed by atoms with van der Waals surface area (Å²) in [5, 5.41) is 33.8. The van der Waals surface area contributed by atoms with Gasteiger partial charge in [0.05, 0.1) is 43.5 Å². The fourth-order valence-electron chi connectivity index (χ4n) is 8.37. The van der Waals surface area contributed by atoms with E-state index in [1.807, 2.05) is 5.32 Å². The number of alkyl halides is 6. The van der Waals surface area contributed by atoms with E-state index in [4.69, 9.17) is 51.9 Å². The van der Waals surface area contributed by atoms with Gasteiger partial charge in [0.2, 0.25) is 0 Å². The van der Waals surface area contributed by atoms with Crippen molar-refractivity contribution in [2.75, 3.05) is 68.1 Å². The number of amides is 2. The molecule has 2 fully saturated rings. The molecule has 0 bridgehead atoms. The third-order valence-corrected chi connectivity index (χ3v) is 14.0. The molecule has 0 aliphatic carbocycles. The third kappa shape index (κ3) is 29.0. The van der Waals surface area contributed by atoms with Crippen molar-refractivity contribution in [2.45, 2.75) is 201 Å². The molecule has 0 spiro atoms. The Labute approximate surface area is 490 Å². The van der Waals surface area contributed by atoms with E-state index in [0.29, 0.717) is 12.8 Å². The number of rotatable bonds is 36. The van der Waals surface area contributed by atoms with E-state index in [2.05, 4.69) is 27.0 Å². The molecule has 2 aliphatic heterocycles. The summed E-state index contributed by atoms with van der Waals surface area (Å²) >= 11 is 0. The van der Waals surface area contributed by atoms with Crippen LogP contribution in [0.1, 0.15) is 109 Å². The first kappa shape index (κ1) is 77.7. The molecule has 27 heteroatoms. The molecule has 1 aromatic rings. The number of nitrogens with one attached hydrogen (secondary N) is 2. The van der Waals surface area contributed by atoms with Crippen LogP contribution in [0.15, 0.2) is 54.5 Å². The first-order valence-electron chi connectivity index (χ1n) is 26.5. The van der Waals surface area contributed by atoms with Crippen LogP contribution in [-0.4, -0.2) is 184 Å². The quantitative estimate of drug-likeness (QED) is 0.0248. The number of ether oxygens (including phenoxy) is 9. The predicted octanol–water partition coefficient (Wildman–Crippen LogP) is 3.29. The Balaban J connectivity index is 0.00000153. The van der Waals surface area contributed by atoms with Gasteiger partial charge < -0.3 is 68.6 Å². The van der Waals surface area contributed by atoms with Crippen molar-refractivity contribution >= 4 is 21.9 Å². The standard InChI is InChI=1S/C29H44F3NO9S.C23H40F3NO7.CH3O.Na/c1-5-7-8-9-10-11-21(38-4)16-18-39-26-24(33-28(35)29(30,31)32)27(40-17-6-2)42-23(25(26)34)19-41-43(36,37)22-14-12-20(3)13-15-22;1-5-7-8-9-10-11-16(31-4)12-14-32-20-18(27-22(29)23(24,25)26)21(33-13-6-2)34-17(15-30-3)19(20)28;1-2;/h6,12-15,21,23-27,34H,2,5,7-11,16-19H2,1,3-4H3,(H,33,35);6,16-21,28H,2,5,7-15H2,1,3-4H3,(H,27,29);1H3;/q;;-1;+1/t21-,23-,24-,25-,26-,27+;16-,17-,18-,19-,20-,21+;;/m11../s1. The smallest absolute Gasteiger partial charge is 0.857 e. The molecule has 80 heavy (non-hydrogen) atoms. The van der Waals surface area contributed by atoms with Crippen molar-refractivity contribution in [2.24, 2.45) is 0 Å². The predicted molar refractivity (Wildman–Crippen MR) is 277 cm³/mol. The average molecular weight is 1190 g/mol. The van der Waals surface area contributed by atoms with Crippen LogP contribution in [0.25, 0.3) is 0 Å². The van der Waals surface area contributed by atoms with Crippen molar-refractivity contribution in [3.63, 3.8) is 0 Å². The van der Waals surface area contributed by atoms with Gasteiger partial charge in [-0.1, -0.05) is 108 Å². The molecule has 460 valence electrons. The number of aryl methyl sites for hydroxylation is 1. The Morgan fingerprint density at radius 1 is 0.662 bits per heavy atom. The molecule has 0 saturated carbocycles.